The molecule has 2 aromatic carbocycles. The fourth-order valence-electron chi connectivity index (χ4n) is 4.13. The van der Waals surface area contributed by atoms with E-state index in [1.807, 2.05) is 12.1 Å². The summed E-state index contributed by atoms with van der Waals surface area (Å²) in [6.45, 7) is 3.92. The lowest BCUT2D eigenvalue weighted by molar-refractivity contribution is -0.125. The van der Waals surface area contributed by atoms with Gasteiger partial charge >= 0.3 is 0 Å². The highest BCUT2D eigenvalue weighted by atomic mass is 16.5. The van der Waals surface area contributed by atoms with Crippen molar-refractivity contribution in [3.05, 3.63) is 65.2 Å². The van der Waals surface area contributed by atoms with Crippen molar-refractivity contribution < 1.29 is 9.53 Å². The third-order valence-electron chi connectivity index (χ3n) is 5.75. The number of aryl methyl sites for hydroxylation is 1. The van der Waals surface area contributed by atoms with E-state index in [1.54, 1.807) is 7.11 Å². The molecule has 0 radical (unpaired) electrons. The molecule has 3 nitrogen and oxygen atoms in total. The maximum Gasteiger partial charge on any atom is 0.143 e. The Kier molecular flexibility index (Phi) is 6.10. The minimum absolute atomic E-state index is 0.373. The third kappa shape index (κ3) is 3.83. The molecule has 0 aliphatic heterocycles. The van der Waals surface area contributed by atoms with E-state index in [0.29, 0.717) is 12.2 Å². The number of benzene rings is 2. The number of hydrogen-bond donors (Lipinski definition) is 1. The quantitative estimate of drug-likeness (QED) is 0.728. The van der Waals surface area contributed by atoms with Crippen LogP contribution in [0.5, 0.6) is 5.75 Å². The summed E-state index contributed by atoms with van der Waals surface area (Å²) in [5.74, 6) is 1.22. The maximum atomic E-state index is 12.9. The molecule has 138 valence electrons. The summed E-state index contributed by atoms with van der Waals surface area (Å²) in [6.07, 6.45) is 4.19. The average molecular weight is 351 g/mol. The number of Topliss-reactive ketones (excluding diaryl/α,β-unsaturated/α-hetero) is 1. The van der Waals surface area contributed by atoms with Crippen LogP contribution in [0.2, 0.25) is 0 Å². The van der Waals surface area contributed by atoms with E-state index in [0.717, 1.165) is 44.5 Å². The summed E-state index contributed by atoms with van der Waals surface area (Å²) in [4.78, 5) is 12.9. The minimum atomic E-state index is -0.373. The fraction of sp³-hybridized carbons (Fsp3) is 0.435. The van der Waals surface area contributed by atoms with Gasteiger partial charge in [0, 0.05) is 6.42 Å². The molecule has 0 fully saturated rings. The predicted molar refractivity (Wildman–Crippen MR) is 106 cm³/mol. The van der Waals surface area contributed by atoms with Gasteiger partial charge in [-0.15, -0.1) is 0 Å². The molecule has 0 amide bonds. The molecule has 1 N–H and O–H groups in total. The average Bonchev–Trinajstić information content (AvgIpc) is 2.69. The molecule has 3 rings (SSSR count). The van der Waals surface area contributed by atoms with Crippen LogP contribution in [-0.2, 0) is 23.1 Å². The molecule has 0 spiro atoms. The second-order valence-corrected chi connectivity index (χ2v) is 7.12. The van der Waals surface area contributed by atoms with Gasteiger partial charge in [0.2, 0.25) is 0 Å². The zero-order valence-corrected chi connectivity index (χ0v) is 15.9. The van der Waals surface area contributed by atoms with E-state index in [4.69, 9.17) is 4.74 Å². The van der Waals surface area contributed by atoms with Crippen molar-refractivity contribution >= 4 is 5.78 Å². The molecule has 0 aromatic heterocycles. The molecule has 1 atom stereocenters. The molecule has 0 heterocycles. The van der Waals surface area contributed by atoms with Crippen molar-refractivity contribution in [1.29, 1.82) is 0 Å². The monoisotopic (exact) mass is 351 g/mol. The summed E-state index contributed by atoms with van der Waals surface area (Å²) in [5, 5.41) is 3.54. The van der Waals surface area contributed by atoms with Gasteiger partial charge in [-0.3, -0.25) is 4.79 Å². The normalized spacial score (nSPS) is 19.2. The summed E-state index contributed by atoms with van der Waals surface area (Å²) in [6, 6.07) is 16.7. The number of fused-ring (bicyclic) bond motifs is 1. The Bertz CT molecular complexity index is 741. The van der Waals surface area contributed by atoms with Crippen molar-refractivity contribution in [3.63, 3.8) is 0 Å². The molecule has 1 aliphatic rings. The predicted octanol–water partition coefficient (Wildman–Crippen LogP) is 4.08. The highest BCUT2D eigenvalue weighted by Crippen LogP contribution is 2.41. The smallest absolute Gasteiger partial charge is 0.143 e. The largest absolute Gasteiger partial charge is 0.497 e. The molecule has 26 heavy (non-hydrogen) atoms. The van der Waals surface area contributed by atoms with Gasteiger partial charge in [-0.2, -0.15) is 0 Å². The summed E-state index contributed by atoms with van der Waals surface area (Å²) < 4.78 is 5.42. The van der Waals surface area contributed by atoms with Gasteiger partial charge in [-0.25, -0.2) is 0 Å². The SMILES string of the molecule is CCC1(CCNCCc2ccccc2)C(=O)CCc2ccc(OC)cc21. The zero-order chi connectivity index (χ0) is 18.4. The molecule has 2 aromatic rings. The number of ketones is 1. The number of nitrogens with one attached hydrogen (secondary N) is 1. The van der Waals surface area contributed by atoms with Crippen LogP contribution in [0.1, 0.15) is 42.9 Å². The van der Waals surface area contributed by atoms with E-state index in [9.17, 15) is 4.79 Å². The van der Waals surface area contributed by atoms with Crippen LogP contribution in [-0.4, -0.2) is 26.0 Å². The van der Waals surface area contributed by atoms with E-state index in [1.165, 1.54) is 16.7 Å². The second kappa shape index (κ2) is 8.50. The number of hydrogen-bond acceptors (Lipinski definition) is 3. The van der Waals surface area contributed by atoms with Gasteiger partial charge in [0.25, 0.3) is 0 Å². The second-order valence-electron chi connectivity index (χ2n) is 7.12. The molecule has 3 heteroatoms. The lowest BCUT2D eigenvalue weighted by Gasteiger charge is -2.37. The lowest BCUT2D eigenvalue weighted by atomic mass is 9.65. The highest BCUT2D eigenvalue weighted by Gasteiger charge is 2.41. The van der Waals surface area contributed by atoms with Gasteiger partial charge in [-0.05, 0) is 67.6 Å². The van der Waals surface area contributed by atoms with Gasteiger partial charge < -0.3 is 10.1 Å². The first-order valence-corrected chi connectivity index (χ1v) is 9.65. The molecule has 0 saturated carbocycles. The Balaban J connectivity index is 1.67. The summed E-state index contributed by atoms with van der Waals surface area (Å²) in [7, 11) is 1.69. The van der Waals surface area contributed by atoms with Crippen molar-refractivity contribution in [2.24, 2.45) is 0 Å². The molecule has 0 saturated heterocycles. The molecular weight excluding hydrogens is 322 g/mol. The summed E-state index contributed by atoms with van der Waals surface area (Å²) in [5.41, 5.74) is 3.45. The van der Waals surface area contributed by atoms with Gasteiger partial charge in [0.05, 0.1) is 12.5 Å². The molecule has 1 aliphatic carbocycles. The first-order chi connectivity index (χ1) is 12.7. The third-order valence-corrected chi connectivity index (χ3v) is 5.75. The minimum Gasteiger partial charge on any atom is -0.497 e. The van der Waals surface area contributed by atoms with Crippen LogP contribution >= 0.6 is 0 Å². The zero-order valence-electron chi connectivity index (χ0n) is 15.9. The highest BCUT2D eigenvalue weighted by molar-refractivity contribution is 5.92. The van der Waals surface area contributed by atoms with Crippen LogP contribution in [0, 0.1) is 0 Å². The number of carbonyl (C=O) groups excluding carboxylic acids is 1. The van der Waals surface area contributed by atoms with Crippen molar-refractivity contribution in [1.82, 2.24) is 5.32 Å². The van der Waals surface area contributed by atoms with Gasteiger partial charge in [-0.1, -0.05) is 43.3 Å². The number of methoxy groups -OCH3 is 1. The number of rotatable bonds is 8. The van der Waals surface area contributed by atoms with E-state index >= 15 is 0 Å². The Hall–Kier alpha value is -2.13. The Morgan fingerprint density at radius 1 is 1.08 bits per heavy atom. The van der Waals surface area contributed by atoms with Gasteiger partial charge in [0.15, 0.2) is 0 Å². The van der Waals surface area contributed by atoms with Crippen molar-refractivity contribution in [2.45, 2.75) is 44.4 Å². The van der Waals surface area contributed by atoms with Crippen molar-refractivity contribution in [2.75, 3.05) is 20.2 Å². The first kappa shape index (κ1) is 18.7. The molecular formula is C23H29NO2. The van der Waals surface area contributed by atoms with Crippen LogP contribution in [0.4, 0.5) is 0 Å². The van der Waals surface area contributed by atoms with Crippen LogP contribution < -0.4 is 10.1 Å². The van der Waals surface area contributed by atoms with Crippen LogP contribution in [0.3, 0.4) is 0 Å². The van der Waals surface area contributed by atoms with Crippen LogP contribution in [0.25, 0.3) is 0 Å². The molecule has 0 bridgehead atoms. The van der Waals surface area contributed by atoms with Crippen LogP contribution in [0.15, 0.2) is 48.5 Å². The summed E-state index contributed by atoms with van der Waals surface area (Å²) >= 11 is 0. The Labute approximate surface area is 156 Å². The van der Waals surface area contributed by atoms with Crippen molar-refractivity contribution in [3.8, 4) is 5.75 Å². The van der Waals surface area contributed by atoms with E-state index in [-0.39, 0.29) is 5.41 Å². The number of ether oxygens (including phenoxy) is 1. The first-order valence-electron chi connectivity index (χ1n) is 9.65. The lowest BCUT2D eigenvalue weighted by Crippen LogP contribution is -2.42. The standard InChI is InChI=1S/C23H29NO2/c1-3-23(14-16-24-15-13-18-7-5-4-6-8-18)21-17-20(26-2)11-9-19(21)10-12-22(23)25/h4-9,11,17,24H,3,10,12-16H2,1-2H3. The maximum absolute atomic E-state index is 12.9. The van der Waals surface area contributed by atoms with E-state index in [2.05, 4.69) is 48.6 Å². The van der Waals surface area contributed by atoms with Gasteiger partial charge in [0.1, 0.15) is 11.5 Å². The van der Waals surface area contributed by atoms with E-state index < -0.39 is 0 Å². The number of carbonyl (C=O) groups is 1. The topological polar surface area (TPSA) is 38.3 Å². The fourth-order valence-corrected chi connectivity index (χ4v) is 4.13. The Morgan fingerprint density at radius 3 is 2.62 bits per heavy atom. The molecule has 1 unspecified atom stereocenters. The Morgan fingerprint density at radius 2 is 1.88 bits per heavy atom.